The number of nitrogens with zero attached hydrogens (tertiary/aromatic N) is 1. The fourth-order valence-electron chi connectivity index (χ4n) is 1.50. The summed E-state index contributed by atoms with van der Waals surface area (Å²) in [4.78, 5) is 21.9. The van der Waals surface area contributed by atoms with E-state index in [4.69, 9.17) is 5.11 Å². The minimum absolute atomic E-state index is 0.0193. The summed E-state index contributed by atoms with van der Waals surface area (Å²) in [5.41, 5.74) is 0.577. The molecule has 6 nitrogen and oxygen atoms in total. The van der Waals surface area contributed by atoms with Crippen molar-refractivity contribution in [2.24, 2.45) is 0 Å². The van der Waals surface area contributed by atoms with Gasteiger partial charge in [-0.15, -0.1) is 0 Å². The zero-order valence-corrected chi connectivity index (χ0v) is 10.1. The predicted octanol–water partition coefficient (Wildman–Crippen LogP) is 1.20. The topological polar surface area (TPSA) is 92.5 Å². The van der Waals surface area contributed by atoms with Crippen molar-refractivity contribution in [1.82, 2.24) is 5.32 Å². The maximum Gasteiger partial charge on any atom is 0.269 e. The molecule has 0 saturated carbocycles. The van der Waals surface area contributed by atoms with E-state index in [-0.39, 0.29) is 18.2 Å². The van der Waals surface area contributed by atoms with Crippen LogP contribution in [0.4, 0.5) is 5.69 Å². The molecule has 0 spiro atoms. The van der Waals surface area contributed by atoms with Gasteiger partial charge in [-0.3, -0.25) is 14.9 Å². The molecule has 1 rings (SSSR count). The number of benzene rings is 1. The Morgan fingerprint density at radius 3 is 2.89 bits per heavy atom. The highest BCUT2D eigenvalue weighted by Crippen LogP contribution is 2.20. The van der Waals surface area contributed by atoms with E-state index < -0.39 is 10.8 Å². The Morgan fingerprint density at radius 1 is 1.56 bits per heavy atom. The van der Waals surface area contributed by atoms with Crippen LogP contribution in [-0.4, -0.2) is 29.1 Å². The molecule has 0 fully saturated rings. The summed E-state index contributed by atoms with van der Waals surface area (Å²) in [6, 6.07) is 6.03. The number of rotatable bonds is 6. The zero-order chi connectivity index (χ0) is 13.5. The van der Waals surface area contributed by atoms with Crippen LogP contribution in [-0.2, 0) is 4.79 Å². The van der Waals surface area contributed by atoms with E-state index in [1.165, 1.54) is 12.1 Å². The molecule has 0 aliphatic carbocycles. The molecule has 0 aliphatic rings. The standard InChI is InChI=1S/C12H16N2O4/c1-9(12(16)13-6-3-7-15)10-4-2-5-11(8-10)14(17)18/h2,4-5,8-9,15H,3,6-7H2,1H3,(H,13,16). The van der Waals surface area contributed by atoms with Gasteiger partial charge in [-0.05, 0) is 18.9 Å². The van der Waals surface area contributed by atoms with Crippen LogP contribution in [0.2, 0.25) is 0 Å². The number of amides is 1. The Hall–Kier alpha value is -1.95. The maximum atomic E-state index is 11.7. The monoisotopic (exact) mass is 252 g/mol. The first-order valence-electron chi connectivity index (χ1n) is 5.69. The van der Waals surface area contributed by atoms with E-state index in [2.05, 4.69) is 5.32 Å². The fourth-order valence-corrected chi connectivity index (χ4v) is 1.50. The quantitative estimate of drug-likeness (QED) is 0.452. The van der Waals surface area contributed by atoms with Gasteiger partial charge >= 0.3 is 0 Å². The van der Waals surface area contributed by atoms with Crippen molar-refractivity contribution < 1.29 is 14.8 Å². The third-order valence-electron chi connectivity index (χ3n) is 2.61. The van der Waals surface area contributed by atoms with Gasteiger partial charge in [-0.25, -0.2) is 0 Å². The number of carbonyl (C=O) groups is 1. The van der Waals surface area contributed by atoms with Crippen molar-refractivity contribution in [3.8, 4) is 0 Å². The summed E-state index contributed by atoms with van der Waals surface area (Å²) >= 11 is 0. The molecule has 18 heavy (non-hydrogen) atoms. The first-order valence-corrected chi connectivity index (χ1v) is 5.69. The summed E-state index contributed by atoms with van der Waals surface area (Å²) in [6.07, 6.45) is 0.493. The van der Waals surface area contributed by atoms with Gasteiger partial charge in [0.25, 0.3) is 5.69 Å². The molecular weight excluding hydrogens is 236 g/mol. The van der Waals surface area contributed by atoms with Crippen LogP contribution < -0.4 is 5.32 Å². The normalized spacial score (nSPS) is 11.9. The predicted molar refractivity (Wildman–Crippen MR) is 66.2 cm³/mol. The van der Waals surface area contributed by atoms with Crippen LogP contribution in [0.15, 0.2) is 24.3 Å². The molecule has 0 heterocycles. The van der Waals surface area contributed by atoms with E-state index in [0.717, 1.165) is 0 Å². The molecule has 6 heteroatoms. The average Bonchev–Trinajstić information content (AvgIpc) is 2.38. The number of nitro groups is 1. The highest BCUT2D eigenvalue weighted by molar-refractivity contribution is 5.83. The summed E-state index contributed by atoms with van der Waals surface area (Å²) in [5.74, 6) is -0.660. The molecule has 0 bridgehead atoms. The lowest BCUT2D eigenvalue weighted by Crippen LogP contribution is -2.29. The lowest BCUT2D eigenvalue weighted by atomic mass is 10.00. The van der Waals surface area contributed by atoms with Crippen LogP contribution in [0.3, 0.4) is 0 Å². The average molecular weight is 252 g/mol. The van der Waals surface area contributed by atoms with Crippen molar-refractivity contribution in [1.29, 1.82) is 0 Å². The molecule has 1 aromatic rings. The number of non-ortho nitro benzene ring substituents is 1. The zero-order valence-electron chi connectivity index (χ0n) is 10.1. The third kappa shape index (κ3) is 3.81. The summed E-state index contributed by atoms with van der Waals surface area (Å²) in [6.45, 7) is 2.10. The van der Waals surface area contributed by atoms with E-state index in [1.807, 2.05) is 0 Å². The van der Waals surface area contributed by atoms with Gasteiger partial charge in [0.1, 0.15) is 0 Å². The highest BCUT2D eigenvalue weighted by atomic mass is 16.6. The highest BCUT2D eigenvalue weighted by Gasteiger charge is 2.17. The summed E-state index contributed by atoms with van der Waals surface area (Å²) < 4.78 is 0. The molecule has 0 aliphatic heterocycles. The molecule has 1 unspecified atom stereocenters. The fraction of sp³-hybridized carbons (Fsp3) is 0.417. The largest absolute Gasteiger partial charge is 0.396 e. The summed E-state index contributed by atoms with van der Waals surface area (Å²) in [5, 5.41) is 21.9. The molecule has 0 aromatic heterocycles. The minimum atomic E-state index is -0.486. The van der Waals surface area contributed by atoms with Crippen LogP contribution in [0.5, 0.6) is 0 Å². The number of aliphatic hydroxyl groups excluding tert-OH is 1. The van der Waals surface area contributed by atoms with Gasteiger partial charge < -0.3 is 10.4 Å². The molecular formula is C12H16N2O4. The van der Waals surface area contributed by atoms with Crippen LogP contribution in [0, 0.1) is 10.1 Å². The third-order valence-corrected chi connectivity index (χ3v) is 2.61. The van der Waals surface area contributed by atoms with E-state index in [1.54, 1.807) is 19.1 Å². The van der Waals surface area contributed by atoms with E-state index in [0.29, 0.717) is 18.5 Å². The Morgan fingerprint density at radius 2 is 2.28 bits per heavy atom. The number of hydrogen-bond donors (Lipinski definition) is 2. The maximum absolute atomic E-state index is 11.7. The minimum Gasteiger partial charge on any atom is -0.396 e. The molecule has 98 valence electrons. The van der Waals surface area contributed by atoms with E-state index >= 15 is 0 Å². The lowest BCUT2D eigenvalue weighted by Gasteiger charge is -2.12. The van der Waals surface area contributed by atoms with Crippen molar-refractivity contribution in [3.05, 3.63) is 39.9 Å². The molecule has 1 atom stereocenters. The molecule has 0 radical (unpaired) electrons. The first-order chi connectivity index (χ1) is 8.56. The Kier molecular flexibility index (Phi) is 5.26. The van der Waals surface area contributed by atoms with Crippen molar-refractivity contribution in [2.75, 3.05) is 13.2 Å². The number of nitro benzene ring substituents is 1. The molecule has 2 N–H and O–H groups in total. The lowest BCUT2D eigenvalue weighted by molar-refractivity contribution is -0.384. The van der Waals surface area contributed by atoms with E-state index in [9.17, 15) is 14.9 Å². The number of nitrogens with one attached hydrogen (secondary N) is 1. The Labute approximate surface area is 105 Å². The number of hydrogen-bond acceptors (Lipinski definition) is 4. The Balaban J connectivity index is 2.71. The molecule has 1 aromatic carbocycles. The van der Waals surface area contributed by atoms with Crippen LogP contribution in [0.25, 0.3) is 0 Å². The van der Waals surface area contributed by atoms with Gasteiger partial charge in [-0.2, -0.15) is 0 Å². The molecule has 0 saturated heterocycles. The molecule has 1 amide bonds. The first kappa shape index (κ1) is 14.1. The second-order valence-electron chi connectivity index (χ2n) is 3.94. The van der Waals surface area contributed by atoms with Gasteiger partial charge in [0.05, 0.1) is 10.8 Å². The van der Waals surface area contributed by atoms with Crippen molar-refractivity contribution in [2.45, 2.75) is 19.3 Å². The van der Waals surface area contributed by atoms with Crippen molar-refractivity contribution >= 4 is 11.6 Å². The van der Waals surface area contributed by atoms with Gasteiger partial charge in [-0.1, -0.05) is 12.1 Å². The van der Waals surface area contributed by atoms with Crippen LogP contribution in [0.1, 0.15) is 24.8 Å². The van der Waals surface area contributed by atoms with Gasteiger partial charge in [0.15, 0.2) is 0 Å². The number of carbonyl (C=O) groups excluding carboxylic acids is 1. The smallest absolute Gasteiger partial charge is 0.269 e. The van der Waals surface area contributed by atoms with Gasteiger partial charge in [0, 0.05) is 25.3 Å². The van der Waals surface area contributed by atoms with Crippen molar-refractivity contribution in [3.63, 3.8) is 0 Å². The second kappa shape index (κ2) is 6.70. The SMILES string of the molecule is CC(C(=O)NCCCO)c1cccc([N+](=O)[O-])c1. The summed E-state index contributed by atoms with van der Waals surface area (Å²) in [7, 11) is 0. The second-order valence-corrected chi connectivity index (χ2v) is 3.94. The van der Waals surface area contributed by atoms with Crippen LogP contribution >= 0.6 is 0 Å². The van der Waals surface area contributed by atoms with Gasteiger partial charge in [0.2, 0.25) is 5.91 Å². The number of aliphatic hydroxyl groups is 1. The Bertz CT molecular complexity index is 434.